The lowest BCUT2D eigenvalue weighted by Crippen LogP contribution is -2.35. The SMILES string of the molecule is CN(C)C1CCC(C(=C/C=C/C=C/C(=C2C=CC(=[N+](C)C)C=C2)C2CCC(N(C)C)CC2)C2CCC(N(C)C)CC2)CC1. The van der Waals surface area contributed by atoms with Crippen LogP contribution in [0.5, 0.6) is 0 Å². The van der Waals surface area contributed by atoms with E-state index in [4.69, 9.17) is 0 Å². The van der Waals surface area contributed by atoms with Crippen LogP contribution in [0.1, 0.15) is 77.0 Å². The van der Waals surface area contributed by atoms with E-state index in [1.807, 2.05) is 0 Å². The van der Waals surface area contributed by atoms with Gasteiger partial charge in [-0.15, -0.1) is 0 Å². The molecule has 43 heavy (non-hydrogen) atoms. The number of hydrogen-bond acceptors (Lipinski definition) is 3. The predicted molar refractivity (Wildman–Crippen MR) is 187 cm³/mol. The average molecular weight is 588 g/mol. The quantitative estimate of drug-likeness (QED) is 0.205. The van der Waals surface area contributed by atoms with Gasteiger partial charge in [0.05, 0.1) is 0 Å². The molecule has 0 radical (unpaired) electrons. The van der Waals surface area contributed by atoms with E-state index in [2.05, 4.69) is 130 Å². The maximum absolute atomic E-state index is 2.54. The summed E-state index contributed by atoms with van der Waals surface area (Å²) in [6, 6.07) is 2.24. The molecule has 4 rings (SSSR count). The molecule has 0 aromatic heterocycles. The fraction of sp³-hybridized carbons (Fsp3) is 0.667. The van der Waals surface area contributed by atoms with Gasteiger partial charge in [0.2, 0.25) is 0 Å². The zero-order chi connectivity index (χ0) is 30.9. The molecule has 4 aliphatic rings. The van der Waals surface area contributed by atoms with Gasteiger partial charge in [-0.1, -0.05) is 36.0 Å². The van der Waals surface area contributed by atoms with Crippen LogP contribution in [-0.4, -0.2) is 99.5 Å². The number of rotatable bonds is 9. The summed E-state index contributed by atoms with van der Waals surface area (Å²) in [5.41, 5.74) is 5.92. The molecule has 0 bridgehead atoms. The molecule has 0 atom stereocenters. The highest BCUT2D eigenvalue weighted by atomic mass is 15.1. The summed E-state index contributed by atoms with van der Waals surface area (Å²) < 4.78 is 2.19. The Balaban J connectivity index is 1.52. The van der Waals surface area contributed by atoms with Gasteiger partial charge in [0.25, 0.3) is 0 Å². The Bertz CT molecular complexity index is 1050. The molecule has 0 aliphatic heterocycles. The third-order valence-electron chi connectivity index (χ3n) is 11.2. The molecular formula is C39H63N4+. The van der Waals surface area contributed by atoms with Crippen molar-refractivity contribution in [1.29, 1.82) is 0 Å². The van der Waals surface area contributed by atoms with Crippen molar-refractivity contribution in [3.63, 3.8) is 0 Å². The Morgan fingerprint density at radius 1 is 0.558 bits per heavy atom. The van der Waals surface area contributed by atoms with Gasteiger partial charge in [-0.2, -0.15) is 0 Å². The molecule has 0 heterocycles. The van der Waals surface area contributed by atoms with Gasteiger partial charge < -0.3 is 14.7 Å². The van der Waals surface area contributed by atoms with Crippen molar-refractivity contribution < 1.29 is 4.58 Å². The maximum Gasteiger partial charge on any atom is 0.199 e. The fourth-order valence-electron chi connectivity index (χ4n) is 8.17. The van der Waals surface area contributed by atoms with E-state index in [0.29, 0.717) is 5.92 Å². The summed E-state index contributed by atoms with van der Waals surface area (Å²) in [5, 5.41) is 0. The predicted octanol–water partition coefficient (Wildman–Crippen LogP) is 7.52. The van der Waals surface area contributed by atoms with Crippen LogP contribution in [0.3, 0.4) is 0 Å². The number of hydrogen-bond donors (Lipinski definition) is 0. The molecule has 0 amide bonds. The van der Waals surface area contributed by atoms with Crippen LogP contribution in [0.15, 0.2) is 71.4 Å². The zero-order valence-corrected chi connectivity index (χ0v) is 28.9. The van der Waals surface area contributed by atoms with Crippen molar-refractivity contribution in [2.45, 2.75) is 95.2 Å². The van der Waals surface area contributed by atoms with Crippen molar-refractivity contribution in [2.75, 3.05) is 56.4 Å². The first-order valence-electron chi connectivity index (χ1n) is 17.3. The van der Waals surface area contributed by atoms with Gasteiger partial charge in [0.15, 0.2) is 5.71 Å². The van der Waals surface area contributed by atoms with Crippen LogP contribution in [0.4, 0.5) is 0 Å². The molecule has 0 N–H and O–H groups in total. The van der Waals surface area contributed by atoms with Gasteiger partial charge in [-0.05, 0) is 160 Å². The molecule has 4 heteroatoms. The van der Waals surface area contributed by atoms with E-state index in [1.54, 1.807) is 5.57 Å². The van der Waals surface area contributed by atoms with Crippen molar-refractivity contribution in [3.8, 4) is 0 Å². The van der Waals surface area contributed by atoms with E-state index < -0.39 is 0 Å². The monoisotopic (exact) mass is 588 g/mol. The number of nitrogens with zero attached hydrogens (tertiary/aromatic N) is 4. The lowest BCUT2D eigenvalue weighted by molar-refractivity contribution is -0.462. The first-order valence-corrected chi connectivity index (χ1v) is 17.3. The molecule has 3 saturated carbocycles. The minimum Gasteiger partial charge on any atom is -0.306 e. The van der Waals surface area contributed by atoms with Gasteiger partial charge in [0, 0.05) is 30.3 Å². The molecule has 0 saturated heterocycles. The average Bonchev–Trinajstić information content (AvgIpc) is 3.01. The highest BCUT2D eigenvalue weighted by molar-refractivity contribution is 6.02. The summed E-state index contributed by atoms with van der Waals surface area (Å²) >= 11 is 0. The molecule has 0 unspecified atom stereocenters. The van der Waals surface area contributed by atoms with E-state index in [9.17, 15) is 0 Å². The van der Waals surface area contributed by atoms with Crippen LogP contribution in [0.25, 0.3) is 0 Å². The molecular weight excluding hydrogens is 524 g/mol. The van der Waals surface area contributed by atoms with E-state index in [0.717, 1.165) is 30.0 Å². The summed E-state index contributed by atoms with van der Waals surface area (Å²) in [4.78, 5) is 7.31. The van der Waals surface area contributed by atoms with Gasteiger partial charge in [0.1, 0.15) is 14.1 Å². The van der Waals surface area contributed by atoms with Crippen molar-refractivity contribution in [3.05, 3.63) is 71.4 Å². The Kier molecular flexibility index (Phi) is 12.9. The molecule has 3 fully saturated rings. The van der Waals surface area contributed by atoms with Gasteiger partial charge >= 0.3 is 0 Å². The molecule has 4 aliphatic carbocycles. The van der Waals surface area contributed by atoms with E-state index in [-0.39, 0.29) is 0 Å². The lowest BCUT2D eigenvalue weighted by Gasteiger charge is -2.39. The summed E-state index contributed by atoms with van der Waals surface area (Å²) in [5.74, 6) is 2.15. The minimum absolute atomic E-state index is 0.635. The first kappa shape index (κ1) is 33.9. The molecule has 0 aromatic rings. The Morgan fingerprint density at radius 3 is 1.37 bits per heavy atom. The smallest absolute Gasteiger partial charge is 0.199 e. The summed E-state index contributed by atoms with van der Waals surface area (Å²) in [6.07, 6.45) is 37.1. The third-order valence-corrected chi connectivity index (χ3v) is 11.2. The van der Waals surface area contributed by atoms with Gasteiger partial charge in [-0.3, -0.25) is 0 Å². The Hall–Kier alpha value is -2.01. The van der Waals surface area contributed by atoms with Crippen LogP contribution < -0.4 is 0 Å². The second-order valence-electron chi connectivity index (χ2n) is 14.7. The van der Waals surface area contributed by atoms with Crippen molar-refractivity contribution in [2.24, 2.45) is 17.8 Å². The lowest BCUT2D eigenvalue weighted by atomic mass is 9.71. The molecule has 0 spiro atoms. The topological polar surface area (TPSA) is 12.7 Å². The van der Waals surface area contributed by atoms with Crippen molar-refractivity contribution in [1.82, 2.24) is 14.7 Å². The highest BCUT2D eigenvalue weighted by Crippen LogP contribution is 2.41. The minimum atomic E-state index is 0.635. The maximum atomic E-state index is 2.54. The second kappa shape index (κ2) is 16.3. The van der Waals surface area contributed by atoms with Crippen LogP contribution >= 0.6 is 0 Å². The van der Waals surface area contributed by atoms with Gasteiger partial charge in [-0.25, -0.2) is 4.58 Å². The van der Waals surface area contributed by atoms with E-state index >= 15 is 0 Å². The number of allylic oxidation sites excluding steroid dienone is 12. The summed E-state index contributed by atoms with van der Waals surface area (Å²) in [7, 11) is 17.8. The van der Waals surface area contributed by atoms with E-state index in [1.165, 1.54) is 93.9 Å². The largest absolute Gasteiger partial charge is 0.306 e. The first-order chi connectivity index (χ1) is 20.6. The Labute approximate surface area is 265 Å². The third kappa shape index (κ3) is 9.49. The zero-order valence-electron chi connectivity index (χ0n) is 28.9. The standard InChI is InChI=1S/C39H63N4/c1-40(2)34-22-14-30(15-23-34)38(31-16-24-35(25-17-31)41(3)4)12-10-9-11-13-39(32-18-26-36(27-19-32)42(5)6)33-20-28-37(29-21-33)43(7)8/h9-15,22-23,31-33,35-37H,16-21,24-29H2,1-8H3/q+1/b11-9+,12-10+,39-13?. The Morgan fingerprint density at radius 2 is 0.977 bits per heavy atom. The van der Waals surface area contributed by atoms with Crippen LogP contribution in [0, 0.1) is 17.8 Å². The van der Waals surface area contributed by atoms with Crippen LogP contribution in [0.2, 0.25) is 0 Å². The highest BCUT2D eigenvalue weighted by Gasteiger charge is 2.31. The van der Waals surface area contributed by atoms with Crippen LogP contribution in [-0.2, 0) is 0 Å². The molecule has 238 valence electrons. The summed E-state index contributed by atoms with van der Waals surface area (Å²) in [6.45, 7) is 0. The second-order valence-corrected chi connectivity index (χ2v) is 14.7. The van der Waals surface area contributed by atoms with Crippen molar-refractivity contribution >= 4 is 5.71 Å². The fourth-order valence-corrected chi connectivity index (χ4v) is 8.17. The normalized spacial score (nSPS) is 30.3. The molecule has 4 nitrogen and oxygen atoms in total. The molecule has 0 aromatic carbocycles.